The molecule has 0 amide bonds. The Hall–Kier alpha value is -1.65. The quantitative estimate of drug-likeness (QED) is 0.776. The zero-order valence-electron chi connectivity index (χ0n) is 11.1. The lowest BCUT2D eigenvalue weighted by Crippen LogP contribution is -2.18. The maximum absolute atomic E-state index is 13.8. The molecule has 0 spiro atoms. The Balaban J connectivity index is 2.00. The third-order valence-corrected chi connectivity index (χ3v) is 2.95. The molecule has 1 aromatic heterocycles. The predicted molar refractivity (Wildman–Crippen MR) is 73.9 cm³/mol. The molecular weight excluding hydrogens is 243 g/mol. The Morgan fingerprint density at radius 3 is 2.84 bits per heavy atom. The van der Waals surface area contributed by atoms with Crippen LogP contribution in [0.3, 0.4) is 0 Å². The highest BCUT2D eigenvalue weighted by atomic mass is 19.1. The molecule has 0 aliphatic heterocycles. The molecule has 0 saturated carbocycles. The summed E-state index contributed by atoms with van der Waals surface area (Å²) in [5.41, 5.74) is 1.63. The maximum atomic E-state index is 13.8. The van der Waals surface area contributed by atoms with Gasteiger partial charge in [0.2, 0.25) is 0 Å². The van der Waals surface area contributed by atoms with Gasteiger partial charge in [0.25, 0.3) is 0 Å². The molecule has 0 unspecified atom stereocenters. The van der Waals surface area contributed by atoms with Crippen molar-refractivity contribution in [2.75, 3.05) is 20.3 Å². The summed E-state index contributed by atoms with van der Waals surface area (Å²) in [6.45, 7) is 2.35. The molecule has 1 aromatic carbocycles. The van der Waals surface area contributed by atoms with Gasteiger partial charge in [-0.2, -0.15) is 0 Å². The Morgan fingerprint density at radius 1 is 1.21 bits per heavy atom. The lowest BCUT2D eigenvalue weighted by Gasteiger charge is -2.11. The average Bonchev–Trinajstić information content (AvgIpc) is 2.87. The van der Waals surface area contributed by atoms with Gasteiger partial charge in [0, 0.05) is 32.2 Å². The van der Waals surface area contributed by atoms with E-state index >= 15 is 0 Å². The van der Waals surface area contributed by atoms with Gasteiger partial charge in [-0.05, 0) is 37.2 Å². The van der Waals surface area contributed by atoms with Gasteiger partial charge in [-0.1, -0.05) is 12.1 Å². The van der Waals surface area contributed by atoms with Crippen LogP contribution in [0.15, 0.2) is 42.6 Å². The summed E-state index contributed by atoms with van der Waals surface area (Å²) in [6.07, 6.45) is 2.85. The highest BCUT2D eigenvalue weighted by Crippen LogP contribution is 2.16. The number of hydrogen-bond donors (Lipinski definition) is 1. The van der Waals surface area contributed by atoms with Crippen LogP contribution in [0.2, 0.25) is 0 Å². The molecular formula is C15H19FN2O. The summed E-state index contributed by atoms with van der Waals surface area (Å²) in [6, 6.07) is 10.7. The van der Waals surface area contributed by atoms with Crippen LogP contribution < -0.4 is 5.32 Å². The number of nitrogens with one attached hydrogen (secondary N) is 1. The fourth-order valence-corrected chi connectivity index (χ4v) is 2.00. The van der Waals surface area contributed by atoms with Gasteiger partial charge in [0.15, 0.2) is 0 Å². The Kier molecular flexibility index (Phi) is 5.12. The summed E-state index contributed by atoms with van der Waals surface area (Å²) in [5.74, 6) is -0.209. The maximum Gasteiger partial charge on any atom is 0.147 e. The first-order valence-electron chi connectivity index (χ1n) is 6.43. The van der Waals surface area contributed by atoms with Crippen LogP contribution >= 0.6 is 0 Å². The first-order valence-corrected chi connectivity index (χ1v) is 6.43. The van der Waals surface area contributed by atoms with Gasteiger partial charge in [-0.3, -0.25) is 0 Å². The van der Waals surface area contributed by atoms with Crippen molar-refractivity contribution in [1.82, 2.24) is 9.88 Å². The minimum absolute atomic E-state index is 0.209. The van der Waals surface area contributed by atoms with E-state index in [1.54, 1.807) is 19.2 Å². The van der Waals surface area contributed by atoms with Crippen LogP contribution in [0.25, 0.3) is 5.69 Å². The number of methoxy groups -OCH3 is 1. The highest BCUT2D eigenvalue weighted by molar-refractivity contribution is 5.36. The molecule has 0 saturated heterocycles. The summed E-state index contributed by atoms with van der Waals surface area (Å²) < 4.78 is 20.6. The van der Waals surface area contributed by atoms with Crippen LogP contribution in [0.4, 0.5) is 4.39 Å². The second-order valence-corrected chi connectivity index (χ2v) is 4.34. The molecule has 0 radical (unpaired) electrons. The lowest BCUT2D eigenvalue weighted by molar-refractivity contribution is 0.194. The summed E-state index contributed by atoms with van der Waals surface area (Å²) in [5, 5.41) is 3.33. The normalized spacial score (nSPS) is 10.8. The number of halogens is 1. The lowest BCUT2D eigenvalue weighted by atomic mass is 10.3. The zero-order chi connectivity index (χ0) is 13.5. The van der Waals surface area contributed by atoms with E-state index < -0.39 is 0 Å². The van der Waals surface area contributed by atoms with Crippen molar-refractivity contribution >= 4 is 0 Å². The standard InChI is InChI=1S/C15H19FN2O/c1-19-11-5-9-17-12-13-6-4-10-18(13)15-8-3-2-7-14(15)16/h2-4,6-8,10,17H,5,9,11-12H2,1H3. The molecule has 0 fully saturated rings. The van der Waals surface area contributed by atoms with Gasteiger partial charge < -0.3 is 14.6 Å². The second-order valence-electron chi connectivity index (χ2n) is 4.34. The van der Waals surface area contributed by atoms with E-state index in [0.717, 1.165) is 25.3 Å². The molecule has 0 bridgehead atoms. The average molecular weight is 262 g/mol. The van der Waals surface area contributed by atoms with Gasteiger partial charge in [0.1, 0.15) is 5.82 Å². The fraction of sp³-hybridized carbons (Fsp3) is 0.333. The summed E-state index contributed by atoms with van der Waals surface area (Å²) in [4.78, 5) is 0. The molecule has 2 aromatic rings. The van der Waals surface area contributed by atoms with E-state index in [1.165, 1.54) is 6.07 Å². The third-order valence-electron chi connectivity index (χ3n) is 2.95. The van der Waals surface area contributed by atoms with Gasteiger partial charge >= 0.3 is 0 Å². The van der Waals surface area contributed by atoms with Crippen molar-refractivity contribution < 1.29 is 9.13 Å². The Bertz CT molecular complexity index is 510. The van der Waals surface area contributed by atoms with E-state index in [4.69, 9.17) is 4.74 Å². The molecule has 19 heavy (non-hydrogen) atoms. The number of ether oxygens (including phenoxy) is 1. The van der Waals surface area contributed by atoms with Crippen molar-refractivity contribution in [3.63, 3.8) is 0 Å². The van der Waals surface area contributed by atoms with E-state index in [-0.39, 0.29) is 5.82 Å². The smallest absolute Gasteiger partial charge is 0.147 e. The Morgan fingerprint density at radius 2 is 2.05 bits per heavy atom. The second kappa shape index (κ2) is 7.07. The SMILES string of the molecule is COCCCNCc1cccn1-c1ccccc1F. The van der Waals surface area contributed by atoms with Gasteiger partial charge in [0.05, 0.1) is 5.69 Å². The fourth-order valence-electron chi connectivity index (χ4n) is 2.00. The van der Waals surface area contributed by atoms with E-state index in [2.05, 4.69) is 5.32 Å². The van der Waals surface area contributed by atoms with E-state index in [9.17, 15) is 4.39 Å². The number of nitrogens with zero attached hydrogens (tertiary/aromatic N) is 1. The highest BCUT2D eigenvalue weighted by Gasteiger charge is 2.06. The van der Waals surface area contributed by atoms with Crippen molar-refractivity contribution in [3.8, 4) is 5.69 Å². The predicted octanol–water partition coefficient (Wildman–Crippen LogP) is 2.74. The van der Waals surface area contributed by atoms with Crippen LogP contribution in [0.1, 0.15) is 12.1 Å². The summed E-state index contributed by atoms with van der Waals surface area (Å²) >= 11 is 0. The van der Waals surface area contributed by atoms with Crippen molar-refractivity contribution in [2.45, 2.75) is 13.0 Å². The first-order chi connectivity index (χ1) is 9.33. The molecule has 3 nitrogen and oxygen atoms in total. The van der Waals surface area contributed by atoms with Crippen LogP contribution in [-0.2, 0) is 11.3 Å². The summed E-state index contributed by atoms with van der Waals surface area (Å²) in [7, 11) is 1.70. The van der Waals surface area contributed by atoms with Crippen molar-refractivity contribution in [1.29, 1.82) is 0 Å². The molecule has 0 aliphatic carbocycles. The van der Waals surface area contributed by atoms with Crippen molar-refractivity contribution in [2.24, 2.45) is 0 Å². The Labute approximate surface area is 113 Å². The minimum atomic E-state index is -0.209. The zero-order valence-corrected chi connectivity index (χ0v) is 11.1. The molecule has 4 heteroatoms. The number of rotatable bonds is 7. The number of hydrogen-bond acceptors (Lipinski definition) is 2. The van der Waals surface area contributed by atoms with Crippen LogP contribution in [-0.4, -0.2) is 24.8 Å². The van der Waals surface area contributed by atoms with Gasteiger partial charge in [-0.15, -0.1) is 0 Å². The molecule has 102 valence electrons. The topological polar surface area (TPSA) is 26.2 Å². The van der Waals surface area contributed by atoms with Gasteiger partial charge in [-0.25, -0.2) is 4.39 Å². The van der Waals surface area contributed by atoms with E-state index in [0.29, 0.717) is 12.2 Å². The van der Waals surface area contributed by atoms with Crippen molar-refractivity contribution in [3.05, 3.63) is 54.1 Å². The van der Waals surface area contributed by atoms with Crippen LogP contribution in [0, 0.1) is 5.82 Å². The van der Waals surface area contributed by atoms with Crippen LogP contribution in [0.5, 0.6) is 0 Å². The monoisotopic (exact) mass is 262 g/mol. The number of benzene rings is 1. The molecule has 0 atom stereocenters. The largest absolute Gasteiger partial charge is 0.385 e. The number of para-hydroxylation sites is 1. The molecule has 1 heterocycles. The minimum Gasteiger partial charge on any atom is -0.385 e. The van der Waals surface area contributed by atoms with E-state index in [1.807, 2.05) is 29.0 Å². The number of aromatic nitrogens is 1. The molecule has 1 N–H and O–H groups in total. The molecule has 0 aliphatic rings. The first kappa shape index (κ1) is 13.8. The molecule has 2 rings (SSSR count). The third kappa shape index (κ3) is 3.66.